The van der Waals surface area contributed by atoms with E-state index in [1.807, 2.05) is 42.5 Å². The van der Waals surface area contributed by atoms with E-state index in [9.17, 15) is 39.5 Å². The van der Waals surface area contributed by atoms with Gasteiger partial charge in [0.05, 0.1) is 0 Å². The maximum absolute atomic E-state index is 10.6. The highest BCUT2D eigenvalue weighted by Crippen LogP contribution is 2.16. The molecule has 224 valence electrons. The van der Waals surface area contributed by atoms with E-state index in [1.165, 1.54) is 0 Å². The molecular formula is C20H15F9N6O6. The standard InChI is InChI=1S/C14H12N6.3C2HF3O2/c15-9-10-4-6-11(7-5-10)13-17-19-14(20-18-13)12-3-1-2-8-16-12;3*3-2(4,5)1(6)7/h1-8H,9,15H2;3*(H,6,7). The van der Waals surface area contributed by atoms with E-state index in [0.717, 1.165) is 11.1 Å². The summed E-state index contributed by atoms with van der Waals surface area (Å²) in [6.07, 6.45) is -13.6. The van der Waals surface area contributed by atoms with Gasteiger partial charge in [0.15, 0.2) is 0 Å². The van der Waals surface area contributed by atoms with Gasteiger partial charge in [-0.3, -0.25) is 4.98 Å². The molecule has 1 aromatic carbocycles. The maximum atomic E-state index is 10.6. The third kappa shape index (κ3) is 14.7. The number of rotatable bonds is 3. The van der Waals surface area contributed by atoms with Crippen LogP contribution in [0.5, 0.6) is 0 Å². The molecule has 21 heteroatoms. The van der Waals surface area contributed by atoms with Crippen LogP contribution >= 0.6 is 0 Å². The van der Waals surface area contributed by atoms with Gasteiger partial charge < -0.3 is 21.1 Å². The minimum Gasteiger partial charge on any atom is -0.475 e. The molecule has 3 aromatic rings. The lowest BCUT2D eigenvalue weighted by Gasteiger charge is -2.01. The van der Waals surface area contributed by atoms with Gasteiger partial charge in [-0.2, -0.15) is 39.5 Å². The van der Waals surface area contributed by atoms with Crippen molar-refractivity contribution in [1.29, 1.82) is 0 Å². The Morgan fingerprint density at radius 2 is 1.00 bits per heavy atom. The van der Waals surface area contributed by atoms with Crippen LogP contribution in [0.3, 0.4) is 0 Å². The van der Waals surface area contributed by atoms with Crippen LogP contribution in [0.15, 0.2) is 48.7 Å². The van der Waals surface area contributed by atoms with Gasteiger partial charge in [-0.15, -0.1) is 20.4 Å². The zero-order chi connectivity index (χ0) is 32.0. The lowest BCUT2D eigenvalue weighted by atomic mass is 10.1. The predicted molar refractivity (Wildman–Crippen MR) is 115 cm³/mol. The molecule has 0 atom stereocenters. The number of carboxylic acid groups (broad SMARTS) is 3. The second kappa shape index (κ2) is 15.6. The summed E-state index contributed by atoms with van der Waals surface area (Å²) >= 11 is 0. The summed E-state index contributed by atoms with van der Waals surface area (Å²) in [5, 5.41) is 37.7. The van der Waals surface area contributed by atoms with Crippen molar-refractivity contribution in [3.63, 3.8) is 0 Å². The topological polar surface area (TPSA) is 202 Å². The Morgan fingerprint density at radius 3 is 1.29 bits per heavy atom. The number of nitrogens with two attached hydrogens (primary N) is 1. The SMILES string of the molecule is NCc1ccc(-c2nnc(-c3ccccn3)nn2)cc1.O=C(O)C(F)(F)F.O=C(O)C(F)(F)F.O=C(O)C(F)(F)F. The van der Waals surface area contributed by atoms with Gasteiger partial charge >= 0.3 is 36.4 Å². The van der Waals surface area contributed by atoms with Gasteiger partial charge in [-0.1, -0.05) is 30.3 Å². The highest BCUT2D eigenvalue weighted by atomic mass is 19.4. The maximum Gasteiger partial charge on any atom is 0.490 e. The molecule has 0 bridgehead atoms. The van der Waals surface area contributed by atoms with Crippen LogP contribution in [0.25, 0.3) is 22.9 Å². The molecule has 3 rings (SSSR count). The van der Waals surface area contributed by atoms with Crippen molar-refractivity contribution in [2.24, 2.45) is 5.73 Å². The van der Waals surface area contributed by atoms with Crippen LogP contribution in [-0.2, 0) is 20.9 Å². The minimum atomic E-state index is -5.08. The Balaban J connectivity index is 0.000000631. The van der Waals surface area contributed by atoms with E-state index in [0.29, 0.717) is 23.9 Å². The lowest BCUT2D eigenvalue weighted by Crippen LogP contribution is -2.21. The molecule has 41 heavy (non-hydrogen) atoms. The van der Waals surface area contributed by atoms with Crippen LogP contribution < -0.4 is 5.73 Å². The molecule has 5 N–H and O–H groups in total. The molecule has 0 saturated carbocycles. The number of hydrogen-bond donors (Lipinski definition) is 4. The van der Waals surface area contributed by atoms with Crippen molar-refractivity contribution in [2.75, 3.05) is 0 Å². The Hall–Kier alpha value is -4.95. The number of nitrogens with zero attached hydrogens (tertiary/aromatic N) is 5. The third-order valence-electron chi connectivity index (χ3n) is 3.55. The fourth-order valence-electron chi connectivity index (χ4n) is 1.73. The summed E-state index contributed by atoms with van der Waals surface area (Å²) in [6, 6.07) is 13.2. The first-order chi connectivity index (χ1) is 18.7. The van der Waals surface area contributed by atoms with Gasteiger partial charge in [0.25, 0.3) is 0 Å². The fraction of sp³-hybridized carbons (Fsp3) is 0.200. The van der Waals surface area contributed by atoms with Crippen LogP contribution in [-0.4, -0.2) is 77.1 Å². The van der Waals surface area contributed by atoms with Gasteiger partial charge in [-0.05, 0) is 17.7 Å². The third-order valence-corrected chi connectivity index (χ3v) is 3.55. The first-order valence-corrected chi connectivity index (χ1v) is 9.88. The summed E-state index contributed by atoms with van der Waals surface area (Å²) in [5.74, 6) is -7.38. The molecule has 0 aliphatic rings. The number of benzene rings is 1. The largest absolute Gasteiger partial charge is 0.490 e. The van der Waals surface area contributed by atoms with Crippen molar-refractivity contribution in [3.8, 4) is 22.9 Å². The summed E-state index contributed by atoms with van der Waals surface area (Å²) in [4.78, 5) is 30.8. The molecule has 0 fully saturated rings. The van der Waals surface area contributed by atoms with Crippen LogP contribution in [0.4, 0.5) is 39.5 Å². The monoisotopic (exact) mass is 606 g/mol. The zero-order valence-corrected chi connectivity index (χ0v) is 19.6. The summed E-state index contributed by atoms with van der Waals surface area (Å²) in [7, 11) is 0. The van der Waals surface area contributed by atoms with Crippen molar-refractivity contribution >= 4 is 17.9 Å². The smallest absolute Gasteiger partial charge is 0.475 e. The highest BCUT2D eigenvalue weighted by molar-refractivity contribution is 5.73. The molecule has 0 aliphatic carbocycles. The molecular weight excluding hydrogens is 591 g/mol. The van der Waals surface area contributed by atoms with Gasteiger partial charge in [0.2, 0.25) is 11.6 Å². The van der Waals surface area contributed by atoms with E-state index >= 15 is 0 Å². The zero-order valence-electron chi connectivity index (χ0n) is 19.6. The molecule has 0 radical (unpaired) electrons. The van der Waals surface area contributed by atoms with Crippen molar-refractivity contribution in [2.45, 2.75) is 25.1 Å². The molecule has 0 amide bonds. The van der Waals surface area contributed by atoms with Gasteiger partial charge in [-0.25, -0.2) is 14.4 Å². The average molecular weight is 606 g/mol. The Kier molecular flexibility index (Phi) is 13.7. The Morgan fingerprint density at radius 1 is 0.634 bits per heavy atom. The van der Waals surface area contributed by atoms with Crippen molar-refractivity contribution in [1.82, 2.24) is 25.4 Å². The Bertz CT molecular complexity index is 1200. The molecule has 2 aromatic heterocycles. The Labute approximate surface area is 221 Å². The van der Waals surface area contributed by atoms with Crippen LogP contribution in [0.2, 0.25) is 0 Å². The molecule has 2 heterocycles. The first kappa shape index (κ1) is 36.0. The van der Waals surface area contributed by atoms with E-state index < -0.39 is 36.4 Å². The number of carboxylic acids is 3. The molecule has 0 unspecified atom stereocenters. The number of halogens is 9. The van der Waals surface area contributed by atoms with Crippen molar-refractivity contribution in [3.05, 3.63) is 54.2 Å². The molecule has 0 spiro atoms. The lowest BCUT2D eigenvalue weighted by molar-refractivity contribution is -0.193. The summed E-state index contributed by atoms with van der Waals surface area (Å²) in [6.45, 7) is 0.510. The van der Waals surface area contributed by atoms with E-state index in [2.05, 4.69) is 25.4 Å². The number of hydrogen-bond acceptors (Lipinski definition) is 9. The number of alkyl halides is 9. The second-order valence-corrected chi connectivity index (χ2v) is 6.57. The van der Waals surface area contributed by atoms with Gasteiger partial charge in [0, 0.05) is 18.3 Å². The van der Waals surface area contributed by atoms with Crippen LogP contribution in [0, 0.1) is 0 Å². The average Bonchev–Trinajstić information content (AvgIpc) is 2.89. The minimum absolute atomic E-state index is 0.410. The summed E-state index contributed by atoms with van der Waals surface area (Å²) in [5.41, 5.74) is 8.12. The second-order valence-electron chi connectivity index (χ2n) is 6.57. The van der Waals surface area contributed by atoms with Crippen molar-refractivity contribution < 1.29 is 69.2 Å². The van der Waals surface area contributed by atoms with E-state index in [4.69, 9.17) is 35.4 Å². The quantitative estimate of drug-likeness (QED) is 0.317. The number of pyridine rings is 1. The summed E-state index contributed by atoms with van der Waals surface area (Å²) < 4.78 is 95.2. The molecule has 12 nitrogen and oxygen atoms in total. The van der Waals surface area contributed by atoms with E-state index in [1.54, 1.807) is 6.20 Å². The number of aliphatic carboxylic acids is 3. The van der Waals surface area contributed by atoms with E-state index in [-0.39, 0.29) is 0 Å². The van der Waals surface area contributed by atoms with Gasteiger partial charge in [0.1, 0.15) is 5.69 Å². The molecule has 0 aliphatic heterocycles. The normalized spacial score (nSPS) is 10.9. The highest BCUT2D eigenvalue weighted by Gasteiger charge is 2.39. The first-order valence-electron chi connectivity index (χ1n) is 9.88. The number of carbonyl (C=O) groups is 3. The fourth-order valence-corrected chi connectivity index (χ4v) is 1.73. The molecule has 0 saturated heterocycles. The predicted octanol–water partition coefficient (Wildman–Crippen LogP) is 3.35. The van der Waals surface area contributed by atoms with Crippen LogP contribution in [0.1, 0.15) is 5.56 Å². The number of aromatic nitrogens is 5.